The van der Waals surface area contributed by atoms with E-state index in [9.17, 15) is 0 Å². The van der Waals surface area contributed by atoms with E-state index in [0.717, 1.165) is 25.1 Å². The molecule has 2 N–H and O–H groups in total. The number of ether oxygens (including phenoxy) is 1. The molecule has 0 aromatic heterocycles. The van der Waals surface area contributed by atoms with Crippen LogP contribution in [0.2, 0.25) is 0 Å². The van der Waals surface area contributed by atoms with Crippen LogP contribution >= 0.6 is 0 Å². The van der Waals surface area contributed by atoms with E-state index in [1.807, 2.05) is 6.07 Å². The molecule has 0 radical (unpaired) electrons. The fourth-order valence-electron chi connectivity index (χ4n) is 1.88. The fourth-order valence-corrected chi connectivity index (χ4v) is 1.88. The second kappa shape index (κ2) is 6.62. The van der Waals surface area contributed by atoms with Gasteiger partial charge < -0.3 is 15.4 Å². The molecule has 1 atom stereocenters. The Hall–Kier alpha value is -1.06. The van der Waals surface area contributed by atoms with E-state index in [4.69, 9.17) is 10.5 Å². The molecular weight excluding hydrogens is 212 g/mol. The topological polar surface area (TPSA) is 38.5 Å². The molecule has 0 amide bonds. The van der Waals surface area contributed by atoms with Crippen LogP contribution in [0.15, 0.2) is 18.2 Å². The van der Waals surface area contributed by atoms with Crippen molar-refractivity contribution in [1.29, 1.82) is 0 Å². The fraction of sp³-hybridized carbons (Fsp3) is 0.571. The van der Waals surface area contributed by atoms with Gasteiger partial charge in [-0.1, -0.05) is 19.1 Å². The first-order valence-electron chi connectivity index (χ1n) is 6.13. The summed E-state index contributed by atoms with van der Waals surface area (Å²) in [6, 6.07) is 6.56. The molecule has 0 fully saturated rings. The van der Waals surface area contributed by atoms with Crippen LogP contribution in [0.5, 0.6) is 5.75 Å². The summed E-state index contributed by atoms with van der Waals surface area (Å²) in [4.78, 5) is 2.16. The predicted octanol–water partition coefficient (Wildman–Crippen LogP) is 2.04. The molecule has 0 saturated heterocycles. The molecule has 3 nitrogen and oxygen atoms in total. The van der Waals surface area contributed by atoms with Gasteiger partial charge in [-0.25, -0.2) is 0 Å². The lowest BCUT2D eigenvalue weighted by atomic mass is 10.0. The molecule has 0 aliphatic carbocycles. The Balaban J connectivity index is 2.89. The maximum atomic E-state index is 6.01. The first kappa shape index (κ1) is 14.0. The zero-order chi connectivity index (χ0) is 12.8. The van der Waals surface area contributed by atoms with Crippen LogP contribution in [-0.4, -0.2) is 32.1 Å². The normalized spacial score (nSPS) is 12.8. The van der Waals surface area contributed by atoms with Crippen LogP contribution in [0.25, 0.3) is 0 Å². The highest BCUT2D eigenvalue weighted by atomic mass is 16.5. The third-order valence-corrected chi connectivity index (χ3v) is 2.85. The number of hydrogen-bond donors (Lipinski definition) is 1. The van der Waals surface area contributed by atoms with Gasteiger partial charge in [0, 0.05) is 12.6 Å². The van der Waals surface area contributed by atoms with Crippen LogP contribution in [0.4, 0.5) is 0 Å². The standard InChI is InChI=1S/C14H24N2O/c1-5-13(15)9-12-8-11(10-16(2)3)6-7-14(12)17-4/h6-8,13H,5,9-10,15H2,1-4H3. The minimum absolute atomic E-state index is 0.207. The van der Waals surface area contributed by atoms with E-state index in [1.165, 1.54) is 11.1 Å². The van der Waals surface area contributed by atoms with Crippen molar-refractivity contribution in [2.75, 3.05) is 21.2 Å². The molecule has 0 heterocycles. The van der Waals surface area contributed by atoms with Gasteiger partial charge in [-0.3, -0.25) is 0 Å². The van der Waals surface area contributed by atoms with Crippen LogP contribution in [0.1, 0.15) is 24.5 Å². The molecule has 3 heteroatoms. The van der Waals surface area contributed by atoms with Gasteiger partial charge in [0.05, 0.1) is 7.11 Å². The monoisotopic (exact) mass is 236 g/mol. The smallest absolute Gasteiger partial charge is 0.122 e. The maximum Gasteiger partial charge on any atom is 0.122 e. The van der Waals surface area contributed by atoms with Gasteiger partial charge in [-0.05, 0) is 44.1 Å². The van der Waals surface area contributed by atoms with Crippen LogP contribution in [-0.2, 0) is 13.0 Å². The lowest BCUT2D eigenvalue weighted by molar-refractivity contribution is 0.396. The molecule has 0 spiro atoms. The van der Waals surface area contributed by atoms with Crippen molar-refractivity contribution in [3.8, 4) is 5.75 Å². The summed E-state index contributed by atoms with van der Waals surface area (Å²) in [5.74, 6) is 0.941. The Bertz CT molecular complexity index is 350. The van der Waals surface area contributed by atoms with Gasteiger partial charge >= 0.3 is 0 Å². The molecule has 1 aromatic carbocycles. The Labute approximate surface area is 105 Å². The Morgan fingerprint density at radius 3 is 2.59 bits per heavy atom. The SMILES string of the molecule is CCC(N)Cc1cc(CN(C)C)ccc1OC. The van der Waals surface area contributed by atoms with Crippen molar-refractivity contribution in [1.82, 2.24) is 4.90 Å². The summed E-state index contributed by atoms with van der Waals surface area (Å²) in [6.45, 7) is 3.05. The minimum atomic E-state index is 0.207. The molecule has 0 aliphatic heterocycles. The average molecular weight is 236 g/mol. The number of nitrogens with zero attached hydrogens (tertiary/aromatic N) is 1. The molecule has 96 valence electrons. The van der Waals surface area contributed by atoms with Crippen molar-refractivity contribution in [3.63, 3.8) is 0 Å². The van der Waals surface area contributed by atoms with Gasteiger partial charge in [0.1, 0.15) is 5.75 Å². The van der Waals surface area contributed by atoms with Gasteiger partial charge in [0.25, 0.3) is 0 Å². The van der Waals surface area contributed by atoms with Gasteiger partial charge in [0.15, 0.2) is 0 Å². The lowest BCUT2D eigenvalue weighted by Gasteiger charge is -2.16. The zero-order valence-electron chi connectivity index (χ0n) is 11.4. The molecular formula is C14H24N2O. The van der Waals surface area contributed by atoms with Crippen molar-refractivity contribution in [2.24, 2.45) is 5.73 Å². The highest BCUT2D eigenvalue weighted by Gasteiger charge is 2.08. The van der Waals surface area contributed by atoms with E-state index in [2.05, 4.69) is 38.1 Å². The summed E-state index contributed by atoms with van der Waals surface area (Å²) in [6.07, 6.45) is 1.86. The van der Waals surface area contributed by atoms with Crippen molar-refractivity contribution >= 4 is 0 Å². The maximum absolute atomic E-state index is 6.01. The summed E-state index contributed by atoms with van der Waals surface area (Å²) < 4.78 is 5.38. The minimum Gasteiger partial charge on any atom is -0.496 e. The van der Waals surface area contributed by atoms with Gasteiger partial charge in [-0.2, -0.15) is 0 Å². The van der Waals surface area contributed by atoms with Crippen LogP contribution in [0.3, 0.4) is 0 Å². The summed E-state index contributed by atoms with van der Waals surface area (Å²) in [5.41, 5.74) is 8.52. The quantitative estimate of drug-likeness (QED) is 0.821. The molecule has 17 heavy (non-hydrogen) atoms. The predicted molar refractivity (Wildman–Crippen MR) is 72.4 cm³/mol. The first-order valence-corrected chi connectivity index (χ1v) is 6.13. The van der Waals surface area contributed by atoms with Crippen molar-refractivity contribution < 1.29 is 4.74 Å². The van der Waals surface area contributed by atoms with Crippen LogP contribution < -0.4 is 10.5 Å². The highest BCUT2D eigenvalue weighted by Crippen LogP contribution is 2.22. The summed E-state index contributed by atoms with van der Waals surface area (Å²) >= 11 is 0. The van der Waals surface area contributed by atoms with E-state index < -0.39 is 0 Å². The molecule has 1 unspecified atom stereocenters. The van der Waals surface area contributed by atoms with Crippen molar-refractivity contribution in [3.05, 3.63) is 29.3 Å². The summed E-state index contributed by atoms with van der Waals surface area (Å²) in [5, 5.41) is 0. The number of benzene rings is 1. The Morgan fingerprint density at radius 2 is 2.06 bits per heavy atom. The number of hydrogen-bond acceptors (Lipinski definition) is 3. The van der Waals surface area contributed by atoms with Gasteiger partial charge in [-0.15, -0.1) is 0 Å². The number of nitrogens with two attached hydrogens (primary N) is 1. The van der Waals surface area contributed by atoms with Gasteiger partial charge in [0.2, 0.25) is 0 Å². The summed E-state index contributed by atoms with van der Waals surface area (Å²) in [7, 11) is 5.85. The second-order valence-electron chi connectivity index (χ2n) is 4.76. The Morgan fingerprint density at radius 1 is 1.35 bits per heavy atom. The first-order chi connectivity index (χ1) is 8.06. The zero-order valence-corrected chi connectivity index (χ0v) is 11.4. The van der Waals surface area contributed by atoms with E-state index in [1.54, 1.807) is 7.11 Å². The molecule has 1 rings (SSSR count). The Kier molecular flexibility index (Phi) is 5.45. The van der Waals surface area contributed by atoms with E-state index in [0.29, 0.717) is 0 Å². The van der Waals surface area contributed by atoms with E-state index >= 15 is 0 Å². The number of methoxy groups -OCH3 is 1. The molecule has 0 bridgehead atoms. The van der Waals surface area contributed by atoms with Crippen LogP contribution in [0, 0.1) is 0 Å². The molecule has 0 aliphatic rings. The second-order valence-corrected chi connectivity index (χ2v) is 4.76. The largest absolute Gasteiger partial charge is 0.496 e. The lowest BCUT2D eigenvalue weighted by Crippen LogP contribution is -2.22. The highest BCUT2D eigenvalue weighted by molar-refractivity contribution is 5.37. The average Bonchev–Trinajstić information content (AvgIpc) is 2.28. The molecule has 1 aromatic rings. The third-order valence-electron chi connectivity index (χ3n) is 2.85. The third kappa shape index (κ3) is 4.36. The molecule has 0 saturated carbocycles. The number of rotatable bonds is 6. The van der Waals surface area contributed by atoms with Crippen molar-refractivity contribution in [2.45, 2.75) is 32.4 Å². The van der Waals surface area contributed by atoms with E-state index in [-0.39, 0.29) is 6.04 Å².